The van der Waals surface area contributed by atoms with E-state index in [4.69, 9.17) is 16.7 Å². The Kier molecular flexibility index (Phi) is 5.70. The van der Waals surface area contributed by atoms with Crippen LogP contribution in [-0.4, -0.2) is 37.5 Å². The molecular weight excluding hydrogens is 320 g/mol. The zero-order valence-electron chi connectivity index (χ0n) is 11.3. The number of carbonyl (C=O) groups excluding carboxylic acids is 1. The van der Waals surface area contributed by atoms with Crippen molar-refractivity contribution >= 4 is 33.5 Å². The summed E-state index contributed by atoms with van der Waals surface area (Å²) in [7, 11) is -3.89. The van der Waals surface area contributed by atoms with Gasteiger partial charge in [-0.05, 0) is 38.1 Å². The molecule has 0 saturated carbocycles. The molecule has 116 valence electrons. The molecule has 9 heteroatoms. The Balaban J connectivity index is 2.77. The molecule has 0 fully saturated rings. The lowest BCUT2D eigenvalue weighted by atomic mass is 10.3. The van der Waals surface area contributed by atoms with Gasteiger partial charge in [-0.15, -0.1) is 0 Å². The summed E-state index contributed by atoms with van der Waals surface area (Å²) < 4.78 is 26.2. The molecule has 0 aliphatic heterocycles. The summed E-state index contributed by atoms with van der Waals surface area (Å²) in [5.74, 6) is -1.95. The van der Waals surface area contributed by atoms with Crippen molar-refractivity contribution in [3.8, 4) is 0 Å². The lowest BCUT2D eigenvalue weighted by Crippen LogP contribution is -2.49. The van der Waals surface area contributed by atoms with Gasteiger partial charge in [0, 0.05) is 5.02 Å². The summed E-state index contributed by atoms with van der Waals surface area (Å²) in [4.78, 5) is 22.3. The Bertz CT molecular complexity index is 630. The van der Waals surface area contributed by atoms with Crippen LogP contribution in [0.1, 0.15) is 13.8 Å². The van der Waals surface area contributed by atoms with Crippen molar-refractivity contribution in [1.82, 2.24) is 10.0 Å². The van der Waals surface area contributed by atoms with Gasteiger partial charge >= 0.3 is 5.97 Å². The number of carboxylic acid groups (broad SMARTS) is 1. The molecule has 1 rings (SSSR count). The minimum Gasteiger partial charge on any atom is -0.480 e. The maximum absolute atomic E-state index is 12.0. The second kappa shape index (κ2) is 6.88. The zero-order chi connectivity index (χ0) is 16.2. The Morgan fingerprint density at radius 1 is 1.14 bits per heavy atom. The largest absolute Gasteiger partial charge is 0.480 e. The highest BCUT2D eigenvalue weighted by atomic mass is 35.5. The number of amides is 1. The minimum absolute atomic E-state index is 0.0437. The predicted molar refractivity (Wildman–Crippen MR) is 76.5 cm³/mol. The van der Waals surface area contributed by atoms with E-state index in [9.17, 15) is 18.0 Å². The molecule has 0 radical (unpaired) electrons. The molecule has 0 aliphatic rings. The number of carboxylic acids is 1. The summed E-state index contributed by atoms with van der Waals surface area (Å²) in [5, 5.41) is 11.2. The van der Waals surface area contributed by atoms with Gasteiger partial charge in [0.05, 0.1) is 10.9 Å². The van der Waals surface area contributed by atoms with Crippen LogP contribution < -0.4 is 10.0 Å². The van der Waals surface area contributed by atoms with Crippen molar-refractivity contribution in [2.24, 2.45) is 0 Å². The van der Waals surface area contributed by atoms with E-state index in [-0.39, 0.29) is 4.90 Å². The Morgan fingerprint density at radius 2 is 1.67 bits per heavy atom. The maximum Gasteiger partial charge on any atom is 0.325 e. The average molecular weight is 335 g/mol. The van der Waals surface area contributed by atoms with Crippen LogP contribution in [0.15, 0.2) is 29.2 Å². The maximum atomic E-state index is 12.0. The van der Waals surface area contributed by atoms with Crippen molar-refractivity contribution < 1.29 is 23.1 Å². The molecule has 0 saturated heterocycles. The Morgan fingerprint density at radius 3 is 2.14 bits per heavy atom. The third kappa shape index (κ3) is 5.00. The van der Waals surface area contributed by atoms with E-state index in [0.717, 1.165) is 0 Å². The van der Waals surface area contributed by atoms with Gasteiger partial charge in [-0.2, -0.15) is 4.72 Å². The van der Waals surface area contributed by atoms with Gasteiger partial charge < -0.3 is 10.4 Å². The van der Waals surface area contributed by atoms with E-state index in [2.05, 4.69) is 10.0 Å². The van der Waals surface area contributed by atoms with E-state index in [1.54, 1.807) is 0 Å². The number of hydrogen-bond donors (Lipinski definition) is 3. The van der Waals surface area contributed by atoms with Gasteiger partial charge in [0.15, 0.2) is 0 Å². The fourth-order valence-electron chi connectivity index (χ4n) is 1.37. The van der Waals surface area contributed by atoms with Crippen LogP contribution in [0.4, 0.5) is 0 Å². The average Bonchev–Trinajstić information content (AvgIpc) is 2.38. The molecule has 0 heterocycles. The Hall–Kier alpha value is -1.64. The molecule has 1 aromatic carbocycles. The molecule has 0 spiro atoms. The highest BCUT2D eigenvalue weighted by Gasteiger charge is 2.24. The zero-order valence-corrected chi connectivity index (χ0v) is 12.9. The first kappa shape index (κ1) is 17.4. The monoisotopic (exact) mass is 334 g/mol. The van der Waals surface area contributed by atoms with Crippen LogP contribution in [0, 0.1) is 0 Å². The summed E-state index contributed by atoms with van der Waals surface area (Å²) in [6, 6.07) is 3.19. The van der Waals surface area contributed by atoms with Crippen molar-refractivity contribution in [1.29, 1.82) is 0 Å². The van der Waals surface area contributed by atoms with Crippen LogP contribution in [0.5, 0.6) is 0 Å². The first-order valence-corrected chi connectivity index (χ1v) is 7.80. The number of nitrogens with one attached hydrogen (secondary N) is 2. The van der Waals surface area contributed by atoms with Crippen LogP contribution in [0.2, 0.25) is 5.02 Å². The molecule has 3 N–H and O–H groups in total. The van der Waals surface area contributed by atoms with Crippen LogP contribution in [0.3, 0.4) is 0 Å². The number of rotatable bonds is 6. The number of halogens is 1. The summed E-state index contributed by atoms with van der Waals surface area (Å²) >= 11 is 5.67. The van der Waals surface area contributed by atoms with E-state index in [0.29, 0.717) is 5.02 Å². The topological polar surface area (TPSA) is 113 Å². The van der Waals surface area contributed by atoms with E-state index in [1.807, 2.05) is 0 Å². The molecule has 1 unspecified atom stereocenters. The quantitative estimate of drug-likeness (QED) is 0.705. The summed E-state index contributed by atoms with van der Waals surface area (Å²) in [6.07, 6.45) is 0. The molecule has 2 atom stereocenters. The number of aliphatic carboxylic acids is 1. The highest BCUT2D eigenvalue weighted by Crippen LogP contribution is 2.14. The SMILES string of the molecule is CC(NS(=O)(=O)c1ccc(Cl)cc1)C(=O)N[C@@H](C)C(=O)O. The van der Waals surface area contributed by atoms with Gasteiger partial charge in [-0.3, -0.25) is 9.59 Å². The van der Waals surface area contributed by atoms with Crippen LogP contribution >= 0.6 is 11.6 Å². The molecule has 1 amide bonds. The molecule has 0 aliphatic carbocycles. The van der Waals surface area contributed by atoms with Gasteiger partial charge in [0.25, 0.3) is 0 Å². The van der Waals surface area contributed by atoms with E-state index in [1.165, 1.54) is 38.1 Å². The first-order valence-electron chi connectivity index (χ1n) is 5.94. The second-order valence-electron chi connectivity index (χ2n) is 4.37. The molecular formula is C12H15ClN2O5S. The fourth-order valence-corrected chi connectivity index (χ4v) is 2.70. The molecule has 0 aromatic heterocycles. The molecule has 1 aromatic rings. The van der Waals surface area contributed by atoms with Gasteiger partial charge in [0.2, 0.25) is 15.9 Å². The fraction of sp³-hybridized carbons (Fsp3) is 0.333. The molecule has 7 nitrogen and oxygen atoms in total. The number of hydrogen-bond acceptors (Lipinski definition) is 4. The second-order valence-corrected chi connectivity index (χ2v) is 6.52. The number of carbonyl (C=O) groups is 2. The van der Waals surface area contributed by atoms with Crippen molar-refractivity contribution in [2.75, 3.05) is 0 Å². The normalized spacial score (nSPS) is 14.2. The number of sulfonamides is 1. The smallest absolute Gasteiger partial charge is 0.325 e. The van der Waals surface area contributed by atoms with Crippen LogP contribution in [0.25, 0.3) is 0 Å². The third-order valence-corrected chi connectivity index (χ3v) is 4.39. The first-order chi connectivity index (χ1) is 9.63. The lowest BCUT2D eigenvalue weighted by molar-refractivity contribution is -0.141. The number of benzene rings is 1. The summed E-state index contributed by atoms with van der Waals surface area (Å²) in [5.41, 5.74) is 0. The minimum atomic E-state index is -3.89. The van der Waals surface area contributed by atoms with Crippen molar-refractivity contribution in [3.63, 3.8) is 0 Å². The van der Waals surface area contributed by atoms with Gasteiger partial charge in [-0.25, -0.2) is 8.42 Å². The standard InChI is InChI=1S/C12H15ClN2O5S/c1-7(11(16)14-8(2)12(17)18)15-21(19,20)10-5-3-9(13)4-6-10/h3-8,15H,1-2H3,(H,14,16)(H,17,18)/t7?,8-/m0/s1. The summed E-state index contributed by atoms with van der Waals surface area (Å²) in [6.45, 7) is 2.60. The van der Waals surface area contributed by atoms with Crippen molar-refractivity contribution in [3.05, 3.63) is 29.3 Å². The third-order valence-electron chi connectivity index (χ3n) is 2.58. The molecule has 21 heavy (non-hydrogen) atoms. The van der Waals surface area contributed by atoms with Crippen LogP contribution in [-0.2, 0) is 19.6 Å². The van der Waals surface area contributed by atoms with E-state index < -0.39 is 34.0 Å². The van der Waals surface area contributed by atoms with E-state index >= 15 is 0 Å². The highest BCUT2D eigenvalue weighted by molar-refractivity contribution is 7.89. The van der Waals surface area contributed by atoms with Crippen molar-refractivity contribution in [2.45, 2.75) is 30.8 Å². The molecule has 0 bridgehead atoms. The predicted octanol–water partition coefficient (Wildman–Crippen LogP) is 0.596. The van der Waals surface area contributed by atoms with Gasteiger partial charge in [0.1, 0.15) is 6.04 Å². The Labute approximate surface area is 127 Å². The lowest BCUT2D eigenvalue weighted by Gasteiger charge is -2.16. The van der Waals surface area contributed by atoms with Gasteiger partial charge in [-0.1, -0.05) is 11.6 Å².